The molecule has 0 fully saturated rings. The molecular weight excluding hydrogens is 317 g/mol. The number of para-hydroxylation sites is 1. The molecule has 2 rings (SSSR count). The summed E-state index contributed by atoms with van der Waals surface area (Å²) < 4.78 is 6.32. The van der Waals surface area contributed by atoms with Gasteiger partial charge in [-0.1, -0.05) is 18.2 Å². The number of nitrogens with one attached hydrogen (secondary N) is 1. The molecule has 0 aliphatic rings. The lowest BCUT2D eigenvalue weighted by Gasteiger charge is -2.08. The average molecular weight is 329 g/mol. The van der Waals surface area contributed by atoms with E-state index < -0.39 is 0 Å². The highest BCUT2D eigenvalue weighted by Crippen LogP contribution is 2.17. The van der Waals surface area contributed by atoms with Gasteiger partial charge in [0, 0.05) is 11.3 Å². The molecule has 2 aromatic rings. The highest BCUT2D eigenvalue weighted by atomic mass is 127. The Labute approximate surface area is 108 Å². The number of aliphatic hydroxyl groups is 1. The van der Waals surface area contributed by atoms with Crippen molar-refractivity contribution in [2.24, 2.45) is 0 Å². The normalized spacial score (nSPS) is 10.4. The number of aliphatic hydroxyl groups excluding tert-OH is 1. The Balaban J connectivity index is 2.04. The Kier molecular flexibility index (Phi) is 3.84. The molecule has 0 aliphatic heterocycles. The molecule has 0 atom stereocenters. The lowest BCUT2D eigenvalue weighted by atomic mass is 10.2. The molecule has 0 bridgehead atoms. The zero-order valence-electron chi connectivity index (χ0n) is 8.61. The maximum Gasteiger partial charge on any atom is 0.164 e. The third-order valence-electron chi connectivity index (χ3n) is 2.27. The molecule has 4 heteroatoms. The third-order valence-corrected chi connectivity index (χ3v) is 2.85. The molecule has 0 aliphatic carbocycles. The average Bonchev–Trinajstić information content (AvgIpc) is 2.73. The van der Waals surface area contributed by atoms with Gasteiger partial charge in [-0.2, -0.15) is 0 Å². The largest absolute Gasteiger partial charge is 0.454 e. The van der Waals surface area contributed by atoms with Crippen LogP contribution in [-0.2, 0) is 13.2 Å². The number of anilines is 1. The maximum absolute atomic E-state index is 9.16. The molecular formula is C12H12INO2. The van der Waals surface area contributed by atoms with Crippen LogP contribution < -0.4 is 5.32 Å². The molecule has 0 radical (unpaired) electrons. The van der Waals surface area contributed by atoms with Gasteiger partial charge in [-0.05, 0) is 40.8 Å². The van der Waals surface area contributed by atoms with Crippen molar-refractivity contribution in [2.45, 2.75) is 13.2 Å². The van der Waals surface area contributed by atoms with E-state index in [4.69, 9.17) is 9.52 Å². The van der Waals surface area contributed by atoms with Crippen molar-refractivity contribution in [1.82, 2.24) is 0 Å². The first-order chi connectivity index (χ1) is 7.79. The zero-order chi connectivity index (χ0) is 11.4. The molecule has 1 aromatic heterocycles. The number of rotatable bonds is 4. The van der Waals surface area contributed by atoms with Crippen LogP contribution >= 0.6 is 22.6 Å². The van der Waals surface area contributed by atoms with E-state index >= 15 is 0 Å². The summed E-state index contributed by atoms with van der Waals surface area (Å²) in [6, 6.07) is 11.6. The summed E-state index contributed by atoms with van der Waals surface area (Å²) in [6.07, 6.45) is 0. The molecule has 0 amide bonds. The molecule has 1 heterocycles. The second-order valence-electron chi connectivity index (χ2n) is 3.37. The van der Waals surface area contributed by atoms with Crippen LogP contribution in [-0.4, -0.2) is 5.11 Å². The Hall–Kier alpha value is -1.01. The molecule has 0 saturated carbocycles. The Morgan fingerprint density at radius 2 is 2.00 bits per heavy atom. The summed E-state index contributed by atoms with van der Waals surface area (Å²) in [4.78, 5) is 0. The highest BCUT2D eigenvalue weighted by Gasteiger charge is 2.02. The van der Waals surface area contributed by atoms with Crippen molar-refractivity contribution in [2.75, 3.05) is 5.32 Å². The number of benzene rings is 1. The van der Waals surface area contributed by atoms with Crippen molar-refractivity contribution in [3.8, 4) is 0 Å². The van der Waals surface area contributed by atoms with Crippen LogP contribution in [0.3, 0.4) is 0 Å². The molecule has 0 spiro atoms. The fraction of sp³-hybridized carbons (Fsp3) is 0.167. The lowest BCUT2D eigenvalue weighted by molar-refractivity contribution is 0.282. The standard InChI is InChI=1S/C12H12INO2/c13-12-6-5-10(16-12)7-14-11-4-2-1-3-9(11)8-15/h1-6,14-15H,7-8H2. The Bertz CT molecular complexity index is 468. The summed E-state index contributed by atoms with van der Waals surface area (Å²) >= 11 is 2.13. The predicted molar refractivity (Wildman–Crippen MR) is 71.1 cm³/mol. The molecule has 1 aromatic carbocycles. The van der Waals surface area contributed by atoms with Gasteiger partial charge in [-0.15, -0.1) is 0 Å². The van der Waals surface area contributed by atoms with Gasteiger partial charge in [0.1, 0.15) is 5.76 Å². The van der Waals surface area contributed by atoms with Gasteiger partial charge < -0.3 is 14.8 Å². The number of hydrogen-bond donors (Lipinski definition) is 2. The van der Waals surface area contributed by atoms with E-state index in [2.05, 4.69) is 27.9 Å². The molecule has 3 nitrogen and oxygen atoms in total. The second kappa shape index (κ2) is 5.36. The van der Waals surface area contributed by atoms with Gasteiger partial charge in [0.15, 0.2) is 3.77 Å². The first-order valence-electron chi connectivity index (χ1n) is 4.96. The topological polar surface area (TPSA) is 45.4 Å². The van der Waals surface area contributed by atoms with Gasteiger partial charge in [0.25, 0.3) is 0 Å². The molecule has 2 N–H and O–H groups in total. The van der Waals surface area contributed by atoms with E-state index in [1.807, 2.05) is 36.4 Å². The molecule has 84 valence electrons. The molecule has 0 saturated heterocycles. The summed E-state index contributed by atoms with van der Waals surface area (Å²) in [5.74, 6) is 0.886. The van der Waals surface area contributed by atoms with Crippen molar-refractivity contribution in [3.05, 3.63) is 51.5 Å². The van der Waals surface area contributed by atoms with E-state index in [0.717, 1.165) is 20.8 Å². The van der Waals surface area contributed by atoms with Crippen molar-refractivity contribution >= 4 is 28.3 Å². The summed E-state index contributed by atoms with van der Waals surface area (Å²) in [5.41, 5.74) is 1.83. The summed E-state index contributed by atoms with van der Waals surface area (Å²) in [5, 5.41) is 12.4. The van der Waals surface area contributed by atoms with Gasteiger partial charge in [0.2, 0.25) is 0 Å². The minimum Gasteiger partial charge on any atom is -0.454 e. The highest BCUT2D eigenvalue weighted by molar-refractivity contribution is 14.1. The first kappa shape index (κ1) is 11.5. The smallest absolute Gasteiger partial charge is 0.164 e. The Morgan fingerprint density at radius 1 is 1.19 bits per heavy atom. The van der Waals surface area contributed by atoms with Crippen molar-refractivity contribution in [3.63, 3.8) is 0 Å². The first-order valence-corrected chi connectivity index (χ1v) is 6.04. The zero-order valence-corrected chi connectivity index (χ0v) is 10.8. The van der Waals surface area contributed by atoms with E-state index in [0.29, 0.717) is 6.54 Å². The fourth-order valence-corrected chi connectivity index (χ4v) is 1.92. The summed E-state index contributed by atoms with van der Waals surface area (Å²) in [7, 11) is 0. The second-order valence-corrected chi connectivity index (χ2v) is 4.44. The van der Waals surface area contributed by atoms with Gasteiger partial charge in [0.05, 0.1) is 13.2 Å². The fourth-order valence-electron chi connectivity index (χ4n) is 1.46. The number of furan rings is 1. The number of hydrogen-bond acceptors (Lipinski definition) is 3. The van der Waals surface area contributed by atoms with Crippen LogP contribution in [0.5, 0.6) is 0 Å². The van der Waals surface area contributed by atoms with Crippen molar-refractivity contribution in [1.29, 1.82) is 0 Å². The Morgan fingerprint density at radius 3 is 2.69 bits per heavy atom. The van der Waals surface area contributed by atoms with Crippen LogP contribution in [0.15, 0.2) is 40.8 Å². The third kappa shape index (κ3) is 2.76. The van der Waals surface area contributed by atoms with E-state index in [-0.39, 0.29) is 6.61 Å². The minimum atomic E-state index is 0.0405. The van der Waals surface area contributed by atoms with Crippen LogP contribution in [0.1, 0.15) is 11.3 Å². The predicted octanol–water partition coefficient (Wildman–Crippen LogP) is 2.99. The quantitative estimate of drug-likeness (QED) is 0.848. The van der Waals surface area contributed by atoms with Crippen LogP contribution in [0, 0.1) is 3.77 Å². The van der Waals surface area contributed by atoms with Crippen LogP contribution in [0.25, 0.3) is 0 Å². The van der Waals surface area contributed by atoms with E-state index in [1.54, 1.807) is 0 Å². The van der Waals surface area contributed by atoms with Gasteiger partial charge in [-0.25, -0.2) is 0 Å². The SMILES string of the molecule is OCc1ccccc1NCc1ccc(I)o1. The van der Waals surface area contributed by atoms with Crippen LogP contribution in [0.4, 0.5) is 5.69 Å². The lowest BCUT2D eigenvalue weighted by Crippen LogP contribution is -2.01. The van der Waals surface area contributed by atoms with Crippen molar-refractivity contribution < 1.29 is 9.52 Å². The number of halogens is 1. The monoisotopic (exact) mass is 329 g/mol. The summed E-state index contributed by atoms with van der Waals surface area (Å²) in [6.45, 7) is 0.666. The molecule has 0 unspecified atom stereocenters. The van der Waals surface area contributed by atoms with Gasteiger partial charge in [-0.3, -0.25) is 0 Å². The van der Waals surface area contributed by atoms with Crippen LogP contribution in [0.2, 0.25) is 0 Å². The van der Waals surface area contributed by atoms with E-state index in [1.165, 1.54) is 0 Å². The van der Waals surface area contributed by atoms with Gasteiger partial charge >= 0.3 is 0 Å². The maximum atomic E-state index is 9.16. The minimum absolute atomic E-state index is 0.0405. The van der Waals surface area contributed by atoms with E-state index in [9.17, 15) is 0 Å². The molecule has 16 heavy (non-hydrogen) atoms.